The standard InChI is InChI=1S/C28H35N3O6/c1-29-27(34)26(25(33)19-32)31(23-9-10-23)28(35)22-5-3-20(4-6-22)21-7-11-24(12-8-21)37-16-2-13-30-14-17-36-18-15-30/h3-8,11-12,23,26,32H,2,9-10,13-19H2,1H3,(H,29,34). The molecule has 9 nitrogen and oxygen atoms in total. The number of nitrogens with one attached hydrogen (secondary N) is 1. The molecule has 0 radical (unpaired) electrons. The highest BCUT2D eigenvalue weighted by molar-refractivity contribution is 6.10. The molecule has 1 atom stereocenters. The van der Waals surface area contributed by atoms with Gasteiger partial charge in [-0.1, -0.05) is 24.3 Å². The fraction of sp³-hybridized carbons (Fsp3) is 0.464. The van der Waals surface area contributed by atoms with Gasteiger partial charge in [-0.15, -0.1) is 0 Å². The molecule has 1 aliphatic heterocycles. The molecule has 1 heterocycles. The van der Waals surface area contributed by atoms with E-state index in [0.717, 1.165) is 69.0 Å². The first-order chi connectivity index (χ1) is 18.0. The molecule has 2 amide bonds. The number of carbonyl (C=O) groups is 3. The van der Waals surface area contributed by atoms with E-state index in [0.29, 0.717) is 12.2 Å². The summed E-state index contributed by atoms with van der Waals surface area (Å²) in [5.74, 6) is -0.879. The molecule has 2 aromatic rings. The van der Waals surface area contributed by atoms with Gasteiger partial charge in [0.2, 0.25) is 5.91 Å². The third kappa shape index (κ3) is 6.94. The SMILES string of the molecule is CNC(=O)C(C(=O)CO)N(C(=O)c1ccc(-c2ccc(OCCCN3CCOCC3)cc2)cc1)C1CC1. The maximum Gasteiger partial charge on any atom is 0.255 e. The molecule has 37 heavy (non-hydrogen) atoms. The second kappa shape index (κ2) is 12.8. The van der Waals surface area contributed by atoms with Crippen LogP contribution < -0.4 is 10.1 Å². The van der Waals surface area contributed by atoms with Gasteiger partial charge in [0, 0.05) is 38.3 Å². The molecule has 4 rings (SSSR count). The van der Waals surface area contributed by atoms with Gasteiger partial charge in [-0.3, -0.25) is 19.3 Å². The summed E-state index contributed by atoms with van der Waals surface area (Å²) in [7, 11) is 1.41. The minimum absolute atomic E-state index is 0.189. The molecule has 2 N–H and O–H groups in total. The molecule has 1 saturated carbocycles. The Morgan fingerprint density at radius 1 is 1.05 bits per heavy atom. The monoisotopic (exact) mass is 509 g/mol. The fourth-order valence-corrected chi connectivity index (χ4v) is 4.50. The van der Waals surface area contributed by atoms with Gasteiger partial charge >= 0.3 is 0 Å². The van der Waals surface area contributed by atoms with Crippen molar-refractivity contribution in [1.82, 2.24) is 15.1 Å². The maximum atomic E-state index is 13.3. The highest BCUT2D eigenvalue weighted by Crippen LogP contribution is 2.31. The Labute approximate surface area is 217 Å². The van der Waals surface area contributed by atoms with Crippen LogP contribution in [0.4, 0.5) is 0 Å². The number of aliphatic hydroxyl groups excluding tert-OH is 1. The van der Waals surface area contributed by atoms with Crippen LogP contribution in [0.25, 0.3) is 11.1 Å². The maximum absolute atomic E-state index is 13.3. The first-order valence-electron chi connectivity index (χ1n) is 12.8. The van der Waals surface area contributed by atoms with E-state index in [9.17, 15) is 19.5 Å². The number of ketones is 1. The number of rotatable bonds is 12. The van der Waals surface area contributed by atoms with Crippen molar-refractivity contribution in [1.29, 1.82) is 0 Å². The van der Waals surface area contributed by atoms with E-state index in [4.69, 9.17) is 9.47 Å². The predicted octanol–water partition coefficient (Wildman–Crippen LogP) is 1.74. The Hall–Kier alpha value is -3.27. The van der Waals surface area contributed by atoms with Gasteiger partial charge in [0.25, 0.3) is 5.91 Å². The lowest BCUT2D eigenvalue weighted by atomic mass is 10.0. The largest absolute Gasteiger partial charge is 0.494 e. The molecule has 1 saturated heterocycles. The smallest absolute Gasteiger partial charge is 0.255 e. The zero-order valence-corrected chi connectivity index (χ0v) is 21.2. The number of Topliss-reactive ketones (excluding diaryl/α,β-unsaturated/α-hetero) is 1. The Morgan fingerprint density at radius 2 is 1.68 bits per heavy atom. The molecule has 9 heteroatoms. The molecule has 2 aliphatic rings. The van der Waals surface area contributed by atoms with E-state index in [1.807, 2.05) is 36.4 Å². The van der Waals surface area contributed by atoms with Gasteiger partial charge in [-0.05, 0) is 54.7 Å². The number of carbonyl (C=O) groups excluding carboxylic acids is 3. The lowest BCUT2D eigenvalue weighted by Gasteiger charge is -2.29. The molecule has 1 unspecified atom stereocenters. The number of amides is 2. The summed E-state index contributed by atoms with van der Waals surface area (Å²) >= 11 is 0. The van der Waals surface area contributed by atoms with Crippen LogP contribution in [0.3, 0.4) is 0 Å². The second-order valence-electron chi connectivity index (χ2n) is 9.34. The van der Waals surface area contributed by atoms with Crippen molar-refractivity contribution < 1.29 is 29.0 Å². The Balaban J connectivity index is 1.36. The summed E-state index contributed by atoms with van der Waals surface area (Å²) in [6.07, 6.45) is 2.40. The number of aliphatic hydroxyl groups is 1. The van der Waals surface area contributed by atoms with Crippen molar-refractivity contribution in [2.75, 3.05) is 53.1 Å². The Morgan fingerprint density at radius 3 is 2.24 bits per heavy atom. The molecular formula is C28H35N3O6. The van der Waals surface area contributed by atoms with Gasteiger partial charge < -0.3 is 24.8 Å². The average molecular weight is 510 g/mol. The van der Waals surface area contributed by atoms with E-state index in [1.54, 1.807) is 12.1 Å². The number of nitrogens with zero attached hydrogens (tertiary/aromatic N) is 2. The summed E-state index contributed by atoms with van der Waals surface area (Å²) in [5, 5.41) is 11.8. The molecule has 0 aromatic heterocycles. The number of benzene rings is 2. The normalized spacial score (nSPS) is 16.6. The molecule has 198 valence electrons. The van der Waals surface area contributed by atoms with Crippen molar-refractivity contribution in [3.63, 3.8) is 0 Å². The minimum atomic E-state index is -1.34. The number of morpholine rings is 1. The first kappa shape index (κ1) is 26.8. The number of ether oxygens (including phenoxy) is 2. The molecule has 1 aliphatic carbocycles. The zero-order valence-electron chi connectivity index (χ0n) is 21.2. The van der Waals surface area contributed by atoms with Crippen LogP contribution in [0.5, 0.6) is 5.75 Å². The molecule has 0 spiro atoms. The van der Waals surface area contributed by atoms with Crippen molar-refractivity contribution in [2.24, 2.45) is 0 Å². The van der Waals surface area contributed by atoms with Gasteiger partial charge in [-0.2, -0.15) is 0 Å². The average Bonchev–Trinajstić information content (AvgIpc) is 3.79. The number of hydrogen-bond acceptors (Lipinski definition) is 7. The van der Waals surface area contributed by atoms with E-state index >= 15 is 0 Å². The summed E-state index contributed by atoms with van der Waals surface area (Å²) < 4.78 is 11.3. The first-order valence-corrected chi connectivity index (χ1v) is 12.8. The fourth-order valence-electron chi connectivity index (χ4n) is 4.50. The molecular weight excluding hydrogens is 474 g/mol. The topological polar surface area (TPSA) is 108 Å². The summed E-state index contributed by atoms with van der Waals surface area (Å²) in [6.45, 7) is 4.41. The zero-order chi connectivity index (χ0) is 26.2. The summed E-state index contributed by atoms with van der Waals surface area (Å²) in [5.41, 5.74) is 2.30. The number of likely N-dealkylation sites (N-methyl/N-ethyl adjacent to an activating group) is 1. The highest BCUT2D eigenvalue weighted by atomic mass is 16.5. The van der Waals surface area contributed by atoms with Crippen LogP contribution in [0.1, 0.15) is 29.6 Å². The second-order valence-corrected chi connectivity index (χ2v) is 9.34. The Kier molecular flexibility index (Phi) is 9.27. The van der Waals surface area contributed by atoms with E-state index in [-0.39, 0.29) is 6.04 Å². The van der Waals surface area contributed by atoms with Crippen LogP contribution in [0, 0.1) is 0 Å². The van der Waals surface area contributed by atoms with Crippen LogP contribution in [-0.4, -0.2) is 97.7 Å². The lowest BCUT2D eigenvalue weighted by Crippen LogP contribution is -2.55. The third-order valence-electron chi connectivity index (χ3n) is 6.72. The Bertz CT molecular complexity index is 1050. The van der Waals surface area contributed by atoms with E-state index in [1.165, 1.54) is 11.9 Å². The van der Waals surface area contributed by atoms with Crippen molar-refractivity contribution >= 4 is 17.6 Å². The van der Waals surface area contributed by atoms with Gasteiger partial charge in [0.05, 0.1) is 19.8 Å². The molecule has 2 fully saturated rings. The van der Waals surface area contributed by atoms with Crippen molar-refractivity contribution in [2.45, 2.75) is 31.3 Å². The molecule has 0 bridgehead atoms. The number of hydrogen-bond donors (Lipinski definition) is 2. The van der Waals surface area contributed by atoms with Crippen molar-refractivity contribution in [3.05, 3.63) is 54.1 Å². The summed E-state index contributed by atoms with van der Waals surface area (Å²) in [4.78, 5) is 41.7. The summed E-state index contributed by atoms with van der Waals surface area (Å²) in [6, 6.07) is 13.4. The highest BCUT2D eigenvalue weighted by Gasteiger charge is 2.43. The predicted molar refractivity (Wildman–Crippen MR) is 138 cm³/mol. The van der Waals surface area contributed by atoms with Crippen molar-refractivity contribution in [3.8, 4) is 16.9 Å². The van der Waals surface area contributed by atoms with Crippen LogP contribution in [-0.2, 0) is 14.3 Å². The lowest BCUT2D eigenvalue weighted by molar-refractivity contribution is -0.136. The van der Waals surface area contributed by atoms with Crippen LogP contribution in [0.15, 0.2) is 48.5 Å². The van der Waals surface area contributed by atoms with Gasteiger partial charge in [0.1, 0.15) is 12.4 Å². The van der Waals surface area contributed by atoms with E-state index < -0.39 is 30.2 Å². The molecule has 2 aromatic carbocycles. The third-order valence-corrected chi connectivity index (χ3v) is 6.72. The van der Waals surface area contributed by atoms with Crippen LogP contribution in [0.2, 0.25) is 0 Å². The quantitative estimate of drug-likeness (QED) is 0.331. The minimum Gasteiger partial charge on any atom is -0.494 e. The van der Waals surface area contributed by atoms with Gasteiger partial charge in [-0.25, -0.2) is 0 Å². The van der Waals surface area contributed by atoms with Crippen LogP contribution >= 0.6 is 0 Å². The van der Waals surface area contributed by atoms with E-state index in [2.05, 4.69) is 10.2 Å². The van der Waals surface area contributed by atoms with Gasteiger partial charge in [0.15, 0.2) is 11.8 Å².